The number of aromatic nitrogens is 3. The minimum Gasteiger partial charge on any atom is -0.422 e. The molecule has 0 atom stereocenters. The highest BCUT2D eigenvalue weighted by atomic mass is 32.2. The number of nitrogens with zero attached hydrogens (tertiary/aromatic N) is 4. The van der Waals surface area contributed by atoms with Crippen molar-refractivity contribution >= 4 is 41.2 Å². The molecule has 166 valence electrons. The van der Waals surface area contributed by atoms with Crippen molar-refractivity contribution in [2.24, 2.45) is 5.10 Å². The molecule has 0 spiro atoms. The van der Waals surface area contributed by atoms with Crippen LogP contribution in [0.2, 0.25) is 0 Å². The summed E-state index contributed by atoms with van der Waals surface area (Å²) in [6.07, 6.45) is 1.52. The summed E-state index contributed by atoms with van der Waals surface area (Å²) in [6.45, 7) is 1.86. The monoisotopic (exact) mass is 477 g/mol. The minimum atomic E-state index is -0.394. The summed E-state index contributed by atoms with van der Waals surface area (Å²) in [5, 5.41) is 14.7. The molecule has 2 aromatic heterocycles. The third kappa shape index (κ3) is 5.93. The van der Waals surface area contributed by atoms with Crippen LogP contribution in [0.5, 0.6) is 5.75 Å². The van der Waals surface area contributed by atoms with Crippen LogP contribution in [0.3, 0.4) is 0 Å². The lowest BCUT2D eigenvalue weighted by atomic mass is 10.2. The molecule has 8 nitrogen and oxygen atoms in total. The summed E-state index contributed by atoms with van der Waals surface area (Å²) < 4.78 is 7.21. The van der Waals surface area contributed by atoms with E-state index in [0.717, 1.165) is 17.1 Å². The van der Waals surface area contributed by atoms with Crippen LogP contribution in [-0.4, -0.2) is 38.6 Å². The first kappa shape index (κ1) is 22.4. The van der Waals surface area contributed by atoms with Crippen molar-refractivity contribution in [2.75, 3.05) is 5.75 Å². The molecule has 0 aliphatic heterocycles. The molecule has 0 fully saturated rings. The molecule has 0 aliphatic rings. The molecule has 0 saturated carbocycles. The van der Waals surface area contributed by atoms with Crippen LogP contribution in [0.15, 0.2) is 82.4 Å². The molecule has 33 heavy (non-hydrogen) atoms. The molecule has 1 N–H and O–H groups in total. The van der Waals surface area contributed by atoms with Gasteiger partial charge in [-0.1, -0.05) is 36.0 Å². The van der Waals surface area contributed by atoms with Crippen LogP contribution in [0.4, 0.5) is 0 Å². The Kier molecular flexibility index (Phi) is 7.28. The number of thiophene rings is 1. The summed E-state index contributed by atoms with van der Waals surface area (Å²) in [5.41, 5.74) is 4.19. The summed E-state index contributed by atoms with van der Waals surface area (Å²) in [5.74, 6) is 0.655. The van der Waals surface area contributed by atoms with Crippen molar-refractivity contribution in [3.8, 4) is 11.4 Å². The van der Waals surface area contributed by atoms with Gasteiger partial charge >= 0.3 is 5.97 Å². The average Bonchev–Trinajstić information content (AvgIpc) is 3.50. The lowest BCUT2D eigenvalue weighted by molar-refractivity contribution is -0.118. The second kappa shape index (κ2) is 10.7. The SMILES string of the molecule is Cc1nnc(SCC(=O)N/N=C\c2ccc(OC(=O)c3cccs3)cc2)n1-c1ccccc1. The van der Waals surface area contributed by atoms with Crippen LogP contribution in [0.1, 0.15) is 21.1 Å². The fraction of sp³-hybridized carbons (Fsp3) is 0.0870. The highest BCUT2D eigenvalue weighted by Gasteiger charge is 2.13. The first-order valence-corrected chi connectivity index (χ1v) is 11.7. The van der Waals surface area contributed by atoms with Crippen LogP contribution in [-0.2, 0) is 4.79 Å². The normalized spacial score (nSPS) is 10.9. The summed E-state index contributed by atoms with van der Waals surface area (Å²) in [7, 11) is 0. The van der Waals surface area contributed by atoms with E-state index >= 15 is 0 Å². The maximum absolute atomic E-state index is 12.2. The predicted molar refractivity (Wildman–Crippen MR) is 128 cm³/mol. The van der Waals surface area contributed by atoms with E-state index in [1.807, 2.05) is 47.2 Å². The van der Waals surface area contributed by atoms with Crippen LogP contribution in [0, 0.1) is 6.92 Å². The number of carbonyl (C=O) groups excluding carboxylic acids is 2. The minimum absolute atomic E-state index is 0.139. The Hall–Kier alpha value is -3.76. The Morgan fingerprint density at radius 3 is 2.61 bits per heavy atom. The molecule has 4 rings (SSSR count). The molecule has 4 aromatic rings. The molecule has 10 heteroatoms. The Labute approximate surface area is 198 Å². The number of para-hydroxylation sites is 1. The number of hydrogen-bond acceptors (Lipinski definition) is 8. The quantitative estimate of drug-likeness (QED) is 0.135. The molecule has 0 saturated heterocycles. The van der Waals surface area contributed by atoms with Gasteiger partial charge in [-0.25, -0.2) is 10.2 Å². The smallest absolute Gasteiger partial charge is 0.353 e. The van der Waals surface area contributed by atoms with E-state index in [-0.39, 0.29) is 11.7 Å². The fourth-order valence-electron chi connectivity index (χ4n) is 2.83. The summed E-state index contributed by atoms with van der Waals surface area (Å²) >= 11 is 2.60. The number of nitrogens with one attached hydrogen (secondary N) is 1. The number of ether oxygens (including phenoxy) is 1. The maximum atomic E-state index is 12.2. The molecule has 0 radical (unpaired) electrons. The van der Waals surface area contributed by atoms with Crippen molar-refractivity contribution in [2.45, 2.75) is 12.1 Å². The van der Waals surface area contributed by atoms with Gasteiger partial charge in [-0.3, -0.25) is 9.36 Å². The lowest BCUT2D eigenvalue weighted by Crippen LogP contribution is -2.20. The molecule has 2 aromatic carbocycles. The van der Waals surface area contributed by atoms with Gasteiger partial charge in [-0.2, -0.15) is 5.10 Å². The Morgan fingerprint density at radius 2 is 1.88 bits per heavy atom. The van der Waals surface area contributed by atoms with E-state index in [0.29, 0.717) is 15.8 Å². The number of aryl methyl sites for hydroxylation is 1. The predicted octanol–water partition coefficient (Wildman–Crippen LogP) is 4.10. The summed E-state index contributed by atoms with van der Waals surface area (Å²) in [6, 6.07) is 20.1. The van der Waals surface area contributed by atoms with Crippen molar-refractivity contribution in [1.82, 2.24) is 20.2 Å². The molecular weight excluding hydrogens is 458 g/mol. The lowest BCUT2D eigenvalue weighted by Gasteiger charge is -2.07. The Bertz CT molecular complexity index is 1250. The third-order valence-corrected chi connectivity index (χ3v) is 6.14. The number of hydrogen-bond donors (Lipinski definition) is 1. The van der Waals surface area contributed by atoms with Crippen molar-refractivity contribution in [3.63, 3.8) is 0 Å². The number of esters is 1. The van der Waals surface area contributed by atoms with Crippen LogP contribution < -0.4 is 10.2 Å². The average molecular weight is 478 g/mol. The van der Waals surface area contributed by atoms with Crippen LogP contribution >= 0.6 is 23.1 Å². The van der Waals surface area contributed by atoms with Gasteiger partial charge in [0.15, 0.2) is 5.16 Å². The molecular formula is C23H19N5O3S2. The van der Waals surface area contributed by atoms with E-state index in [1.165, 1.54) is 29.3 Å². The van der Waals surface area contributed by atoms with E-state index in [9.17, 15) is 9.59 Å². The molecule has 0 unspecified atom stereocenters. The van der Waals surface area contributed by atoms with Gasteiger partial charge in [0.2, 0.25) is 0 Å². The van der Waals surface area contributed by atoms with E-state index in [4.69, 9.17) is 4.74 Å². The van der Waals surface area contributed by atoms with Gasteiger partial charge in [0, 0.05) is 5.69 Å². The van der Waals surface area contributed by atoms with Crippen molar-refractivity contribution in [1.29, 1.82) is 0 Å². The molecule has 0 aliphatic carbocycles. The summed E-state index contributed by atoms with van der Waals surface area (Å²) in [4.78, 5) is 24.7. The molecule has 1 amide bonds. The Morgan fingerprint density at radius 1 is 1.09 bits per heavy atom. The van der Waals surface area contributed by atoms with E-state index < -0.39 is 5.97 Å². The fourth-order valence-corrected chi connectivity index (χ4v) is 4.21. The standard InChI is InChI=1S/C23H19N5O3S2/c1-16-25-27-23(28(16)18-6-3-2-4-7-18)33-15-21(29)26-24-14-17-9-11-19(12-10-17)31-22(30)20-8-5-13-32-20/h2-14H,15H2,1H3,(H,26,29)/b24-14-. The number of carbonyl (C=O) groups is 2. The van der Waals surface area contributed by atoms with Gasteiger partial charge in [0.25, 0.3) is 5.91 Å². The van der Waals surface area contributed by atoms with Gasteiger partial charge in [0.1, 0.15) is 16.5 Å². The molecule has 0 bridgehead atoms. The van der Waals surface area contributed by atoms with Crippen molar-refractivity contribution in [3.05, 3.63) is 88.4 Å². The largest absolute Gasteiger partial charge is 0.422 e. The zero-order valence-corrected chi connectivity index (χ0v) is 19.2. The zero-order valence-electron chi connectivity index (χ0n) is 17.5. The highest BCUT2D eigenvalue weighted by Crippen LogP contribution is 2.21. The second-order valence-corrected chi connectivity index (χ2v) is 8.61. The topological polar surface area (TPSA) is 98.5 Å². The van der Waals surface area contributed by atoms with Crippen molar-refractivity contribution < 1.29 is 14.3 Å². The maximum Gasteiger partial charge on any atom is 0.353 e. The first-order chi connectivity index (χ1) is 16.1. The third-order valence-electron chi connectivity index (χ3n) is 4.36. The second-order valence-electron chi connectivity index (χ2n) is 6.72. The number of hydrazone groups is 1. The zero-order chi connectivity index (χ0) is 23.0. The van der Waals surface area contributed by atoms with Gasteiger partial charge in [-0.15, -0.1) is 21.5 Å². The molecule has 2 heterocycles. The van der Waals surface area contributed by atoms with Gasteiger partial charge < -0.3 is 4.74 Å². The number of amides is 1. The Balaban J connectivity index is 1.27. The number of benzene rings is 2. The van der Waals surface area contributed by atoms with Gasteiger partial charge in [-0.05, 0) is 60.3 Å². The van der Waals surface area contributed by atoms with Gasteiger partial charge in [0.05, 0.1) is 12.0 Å². The number of thioether (sulfide) groups is 1. The highest BCUT2D eigenvalue weighted by molar-refractivity contribution is 7.99. The first-order valence-electron chi connectivity index (χ1n) is 9.88. The van der Waals surface area contributed by atoms with E-state index in [2.05, 4.69) is 20.7 Å². The number of rotatable bonds is 8. The van der Waals surface area contributed by atoms with E-state index in [1.54, 1.807) is 36.4 Å². The van der Waals surface area contributed by atoms with Crippen LogP contribution in [0.25, 0.3) is 5.69 Å².